The molecule has 1 aliphatic heterocycles. The lowest BCUT2D eigenvalue weighted by Gasteiger charge is -2.26. The zero-order valence-corrected chi connectivity index (χ0v) is 13.1. The zero-order valence-electron chi connectivity index (χ0n) is 13.1. The number of phenols is 1. The van der Waals surface area contributed by atoms with E-state index in [-0.39, 0.29) is 11.4 Å². The molecule has 0 unspecified atom stereocenters. The molecule has 0 spiro atoms. The van der Waals surface area contributed by atoms with E-state index in [1.165, 1.54) is 20.3 Å². The first-order valence-corrected chi connectivity index (χ1v) is 7.33. The van der Waals surface area contributed by atoms with E-state index >= 15 is 0 Å². The number of nitrogens with zero attached hydrogens (tertiary/aromatic N) is 1. The van der Waals surface area contributed by atoms with Crippen molar-refractivity contribution in [2.45, 2.75) is 6.42 Å². The number of methoxy groups -OCH3 is 2. The maximum absolute atomic E-state index is 9.75. The van der Waals surface area contributed by atoms with Crippen LogP contribution >= 0.6 is 0 Å². The Hall–Kier alpha value is -1.86. The minimum atomic E-state index is -0.0885. The Bertz CT molecular complexity index is 489. The molecule has 1 aliphatic rings. The molecule has 1 fully saturated rings. The molecule has 2 rings (SSSR count). The summed E-state index contributed by atoms with van der Waals surface area (Å²) in [5, 5.41) is 9.75. The first-order valence-electron chi connectivity index (χ1n) is 7.33. The summed E-state index contributed by atoms with van der Waals surface area (Å²) < 4.78 is 21.5. The van der Waals surface area contributed by atoms with Crippen LogP contribution in [0.3, 0.4) is 0 Å². The Kier molecular flexibility index (Phi) is 5.97. The molecule has 22 heavy (non-hydrogen) atoms. The number of hydrogen-bond acceptors (Lipinski definition) is 7. The first kappa shape index (κ1) is 16.5. The summed E-state index contributed by atoms with van der Waals surface area (Å²) in [6.07, 6.45) is 0.868. The summed E-state index contributed by atoms with van der Waals surface area (Å²) in [4.78, 5) is 2.34. The van der Waals surface area contributed by atoms with Crippen LogP contribution in [-0.2, 0) is 4.74 Å². The maximum Gasteiger partial charge on any atom is 0.206 e. The Balaban J connectivity index is 1.94. The average molecular weight is 312 g/mol. The van der Waals surface area contributed by atoms with Gasteiger partial charge in [0.2, 0.25) is 5.75 Å². The third-order valence-corrected chi connectivity index (χ3v) is 3.61. The predicted molar refractivity (Wildman–Crippen MR) is 83.0 cm³/mol. The molecule has 3 N–H and O–H groups in total. The van der Waals surface area contributed by atoms with Crippen LogP contribution in [0.15, 0.2) is 6.07 Å². The quantitative estimate of drug-likeness (QED) is 0.443. The molecule has 1 saturated heterocycles. The van der Waals surface area contributed by atoms with Gasteiger partial charge in [-0.1, -0.05) is 0 Å². The van der Waals surface area contributed by atoms with Gasteiger partial charge in [-0.25, -0.2) is 0 Å². The lowest BCUT2D eigenvalue weighted by atomic mass is 10.2. The monoisotopic (exact) mass is 312 g/mol. The molecule has 124 valence electrons. The third-order valence-electron chi connectivity index (χ3n) is 3.61. The molecular formula is C15H24N2O5. The number of ether oxygens (including phenoxy) is 4. The van der Waals surface area contributed by atoms with Gasteiger partial charge in [0.15, 0.2) is 11.5 Å². The molecule has 1 heterocycles. The molecule has 0 aliphatic carbocycles. The number of nitrogens with two attached hydrogens (primary N) is 1. The van der Waals surface area contributed by atoms with E-state index in [2.05, 4.69) is 4.90 Å². The lowest BCUT2D eigenvalue weighted by molar-refractivity contribution is 0.0357. The average Bonchev–Trinajstić information content (AvgIpc) is 2.55. The lowest BCUT2D eigenvalue weighted by Crippen LogP contribution is -2.37. The zero-order chi connectivity index (χ0) is 15.9. The van der Waals surface area contributed by atoms with Crippen molar-refractivity contribution in [3.05, 3.63) is 6.07 Å². The second-order valence-corrected chi connectivity index (χ2v) is 5.03. The Morgan fingerprint density at radius 1 is 1.23 bits per heavy atom. The number of phenolic OH excluding ortho intramolecular Hbond substituents is 1. The van der Waals surface area contributed by atoms with E-state index in [9.17, 15) is 5.11 Å². The molecule has 0 saturated carbocycles. The van der Waals surface area contributed by atoms with Crippen LogP contribution in [0.25, 0.3) is 0 Å². The van der Waals surface area contributed by atoms with E-state index in [1.54, 1.807) is 0 Å². The van der Waals surface area contributed by atoms with Gasteiger partial charge in [-0.2, -0.15) is 0 Å². The van der Waals surface area contributed by atoms with Crippen molar-refractivity contribution >= 4 is 5.69 Å². The fraction of sp³-hybridized carbons (Fsp3) is 0.600. The van der Waals surface area contributed by atoms with Gasteiger partial charge in [-0.15, -0.1) is 0 Å². The fourth-order valence-corrected chi connectivity index (χ4v) is 2.40. The van der Waals surface area contributed by atoms with Crippen LogP contribution < -0.4 is 19.9 Å². The van der Waals surface area contributed by atoms with Crippen molar-refractivity contribution in [3.8, 4) is 23.0 Å². The van der Waals surface area contributed by atoms with E-state index in [0.717, 1.165) is 39.3 Å². The van der Waals surface area contributed by atoms with Gasteiger partial charge in [0.25, 0.3) is 0 Å². The number of hydrogen-bond donors (Lipinski definition) is 2. The summed E-state index contributed by atoms with van der Waals surface area (Å²) in [7, 11) is 2.98. The largest absolute Gasteiger partial charge is 0.505 e. The summed E-state index contributed by atoms with van der Waals surface area (Å²) in [5.74, 6) is 1.02. The van der Waals surface area contributed by atoms with Gasteiger partial charge in [-0.05, 0) is 6.42 Å². The Labute approximate surface area is 130 Å². The first-order chi connectivity index (χ1) is 10.7. The number of anilines is 1. The number of aromatic hydroxyl groups is 1. The summed E-state index contributed by atoms with van der Waals surface area (Å²) in [5.41, 5.74) is 5.95. The van der Waals surface area contributed by atoms with Gasteiger partial charge < -0.3 is 29.8 Å². The predicted octanol–water partition coefficient (Wildman–Crippen LogP) is 1.09. The highest BCUT2D eigenvalue weighted by Crippen LogP contribution is 2.46. The van der Waals surface area contributed by atoms with Crippen LogP contribution in [0.4, 0.5) is 5.69 Å². The standard InChI is InChI=1S/C15H24N2O5/c1-19-12-10-11(18)13(16)15(20-2)14(12)22-7-3-4-17-5-8-21-9-6-17/h10,18H,3-9,16H2,1-2H3. The maximum atomic E-state index is 9.75. The van der Waals surface area contributed by atoms with E-state index in [0.29, 0.717) is 23.9 Å². The topological polar surface area (TPSA) is 86.4 Å². The van der Waals surface area contributed by atoms with Crippen LogP contribution in [-0.4, -0.2) is 63.7 Å². The fourth-order valence-electron chi connectivity index (χ4n) is 2.40. The number of rotatable bonds is 7. The summed E-state index contributed by atoms with van der Waals surface area (Å²) in [6.45, 7) is 4.95. The van der Waals surface area contributed by atoms with Crippen molar-refractivity contribution < 1.29 is 24.1 Å². The Morgan fingerprint density at radius 3 is 2.59 bits per heavy atom. The van der Waals surface area contributed by atoms with Crippen molar-refractivity contribution in [2.24, 2.45) is 0 Å². The summed E-state index contributed by atoms with van der Waals surface area (Å²) >= 11 is 0. The molecule has 7 nitrogen and oxygen atoms in total. The Morgan fingerprint density at radius 2 is 1.95 bits per heavy atom. The van der Waals surface area contributed by atoms with Gasteiger partial charge >= 0.3 is 0 Å². The molecule has 0 radical (unpaired) electrons. The second kappa shape index (κ2) is 7.95. The molecule has 1 aromatic carbocycles. The van der Waals surface area contributed by atoms with Gasteiger partial charge in [0.05, 0.1) is 34.0 Å². The van der Waals surface area contributed by atoms with Crippen molar-refractivity contribution in [2.75, 3.05) is 59.4 Å². The molecule has 0 aromatic heterocycles. The highest BCUT2D eigenvalue weighted by Gasteiger charge is 2.19. The minimum absolute atomic E-state index is 0.0885. The molecule has 1 aromatic rings. The number of morpholine rings is 1. The molecule has 0 amide bonds. The molecular weight excluding hydrogens is 288 g/mol. The van der Waals surface area contributed by atoms with E-state index in [4.69, 9.17) is 24.7 Å². The minimum Gasteiger partial charge on any atom is -0.505 e. The van der Waals surface area contributed by atoms with Crippen molar-refractivity contribution in [3.63, 3.8) is 0 Å². The van der Waals surface area contributed by atoms with Gasteiger partial charge in [0, 0.05) is 25.7 Å². The number of nitrogen functional groups attached to an aromatic ring is 1. The molecule has 0 bridgehead atoms. The van der Waals surface area contributed by atoms with E-state index in [1.807, 2.05) is 0 Å². The van der Waals surface area contributed by atoms with Crippen molar-refractivity contribution in [1.82, 2.24) is 4.90 Å². The second-order valence-electron chi connectivity index (χ2n) is 5.03. The summed E-state index contributed by atoms with van der Waals surface area (Å²) in [6, 6.07) is 1.43. The van der Waals surface area contributed by atoms with Crippen molar-refractivity contribution in [1.29, 1.82) is 0 Å². The van der Waals surface area contributed by atoms with Crippen LogP contribution in [0.2, 0.25) is 0 Å². The third kappa shape index (κ3) is 3.86. The highest BCUT2D eigenvalue weighted by atomic mass is 16.5. The molecule has 7 heteroatoms. The van der Waals surface area contributed by atoms with Gasteiger partial charge in [-0.3, -0.25) is 4.90 Å². The van der Waals surface area contributed by atoms with Crippen LogP contribution in [0.1, 0.15) is 6.42 Å². The van der Waals surface area contributed by atoms with Crippen LogP contribution in [0, 0.1) is 0 Å². The molecule has 0 atom stereocenters. The smallest absolute Gasteiger partial charge is 0.206 e. The highest BCUT2D eigenvalue weighted by molar-refractivity contribution is 5.72. The SMILES string of the molecule is COc1cc(O)c(N)c(OC)c1OCCCN1CCOCC1. The van der Waals surface area contributed by atoms with E-state index < -0.39 is 0 Å². The van der Waals surface area contributed by atoms with Crippen LogP contribution in [0.5, 0.6) is 23.0 Å². The van der Waals surface area contributed by atoms with Gasteiger partial charge in [0.1, 0.15) is 11.4 Å². The normalized spacial score (nSPS) is 15.5. The number of benzene rings is 1.